The van der Waals surface area contributed by atoms with Crippen LogP contribution in [-0.4, -0.2) is 30.6 Å². The molecule has 138 valence electrons. The first-order valence-corrected chi connectivity index (χ1v) is 7.83. The molecule has 3 rings (SSSR count). The minimum Gasteiger partial charge on any atom is -0.483 e. The van der Waals surface area contributed by atoms with Crippen molar-refractivity contribution in [3.63, 3.8) is 0 Å². The van der Waals surface area contributed by atoms with Gasteiger partial charge < -0.3 is 14.8 Å². The third-order valence-corrected chi connectivity index (χ3v) is 3.59. The monoisotopic (exact) mass is 372 g/mol. The Balaban J connectivity index is 1.83. The van der Waals surface area contributed by atoms with E-state index < -0.39 is 30.1 Å². The lowest BCUT2D eigenvalue weighted by Gasteiger charge is -2.11. The number of aromatic nitrogens is 1. The van der Waals surface area contributed by atoms with Gasteiger partial charge in [0.05, 0.1) is 12.6 Å². The molecule has 3 aromatic rings. The molecular formula is C19H14F2N2O4. The summed E-state index contributed by atoms with van der Waals surface area (Å²) in [4.78, 5) is 27.9. The first-order valence-electron chi connectivity index (χ1n) is 7.83. The molecule has 1 heterocycles. The van der Waals surface area contributed by atoms with Gasteiger partial charge in [0.15, 0.2) is 12.3 Å². The van der Waals surface area contributed by atoms with Gasteiger partial charge in [0, 0.05) is 17.1 Å². The van der Waals surface area contributed by atoms with Crippen molar-refractivity contribution in [2.75, 3.05) is 19.0 Å². The number of nitrogens with one attached hydrogen (secondary N) is 1. The van der Waals surface area contributed by atoms with Crippen LogP contribution in [0.5, 0.6) is 5.75 Å². The minimum atomic E-state index is -0.699. The summed E-state index contributed by atoms with van der Waals surface area (Å²) in [7, 11) is 1.20. The molecule has 27 heavy (non-hydrogen) atoms. The van der Waals surface area contributed by atoms with Crippen molar-refractivity contribution >= 4 is 28.5 Å². The summed E-state index contributed by atoms with van der Waals surface area (Å²) in [6.45, 7) is -0.438. The van der Waals surface area contributed by atoms with Crippen molar-refractivity contribution in [1.82, 2.24) is 4.98 Å². The summed E-state index contributed by atoms with van der Waals surface area (Å²) in [5, 5.41) is 2.77. The zero-order valence-corrected chi connectivity index (χ0v) is 14.2. The zero-order chi connectivity index (χ0) is 19.4. The van der Waals surface area contributed by atoms with Crippen molar-refractivity contribution in [3.05, 3.63) is 65.9 Å². The molecule has 0 atom stereocenters. The van der Waals surface area contributed by atoms with Crippen LogP contribution in [0.3, 0.4) is 0 Å². The predicted molar refractivity (Wildman–Crippen MR) is 93.6 cm³/mol. The topological polar surface area (TPSA) is 77.5 Å². The van der Waals surface area contributed by atoms with E-state index >= 15 is 0 Å². The molecule has 0 saturated carbocycles. The van der Waals surface area contributed by atoms with Gasteiger partial charge in [-0.15, -0.1) is 0 Å². The van der Waals surface area contributed by atoms with Crippen LogP contribution < -0.4 is 10.1 Å². The number of anilines is 1. The third kappa shape index (κ3) is 4.35. The molecular weight excluding hydrogens is 358 g/mol. The fourth-order valence-corrected chi connectivity index (χ4v) is 2.40. The Bertz CT molecular complexity index is 1020. The highest BCUT2D eigenvalue weighted by Gasteiger charge is 2.15. The van der Waals surface area contributed by atoms with Crippen LogP contribution in [-0.2, 0) is 9.53 Å². The summed E-state index contributed by atoms with van der Waals surface area (Å²) in [6.07, 6.45) is 0. The minimum absolute atomic E-state index is 0.0443. The van der Waals surface area contributed by atoms with Crippen molar-refractivity contribution in [2.24, 2.45) is 0 Å². The molecule has 0 aliphatic carbocycles. The van der Waals surface area contributed by atoms with Crippen LogP contribution in [0.4, 0.5) is 14.5 Å². The molecule has 0 radical (unpaired) electrons. The number of hydrogen-bond acceptors (Lipinski definition) is 5. The van der Waals surface area contributed by atoms with Gasteiger partial charge in [0.1, 0.15) is 17.4 Å². The van der Waals surface area contributed by atoms with Gasteiger partial charge >= 0.3 is 5.97 Å². The quantitative estimate of drug-likeness (QED) is 0.696. The second-order valence-electron chi connectivity index (χ2n) is 5.51. The molecule has 0 fully saturated rings. The number of nitrogens with zero attached hydrogens (tertiary/aromatic N) is 1. The molecule has 0 aliphatic rings. The number of methoxy groups -OCH3 is 1. The molecule has 1 aromatic heterocycles. The molecule has 0 unspecified atom stereocenters. The number of halogens is 2. The Hall–Kier alpha value is -3.55. The van der Waals surface area contributed by atoms with Gasteiger partial charge in [-0.3, -0.25) is 4.79 Å². The van der Waals surface area contributed by atoms with E-state index in [1.54, 1.807) is 0 Å². The number of hydrogen-bond donors (Lipinski definition) is 1. The van der Waals surface area contributed by atoms with Gasteiger partial charge in [-0.1, -0.05) is 6.07 Å². The maximum Gasteiger partial charge on any atom is 0.356 e. The molecule has 2 aromatic carbocycles. The molecule has 0 aliphatic heterocycles. The molecule has 0 bridgehead atoms. The van der Waals surface area contributed by atoms with E-state index in [-0.39, 0.29) is 17.1 Å². The summed E-state index contributed by atoms with van der Waals surface area (Å²) < 4.78 is 36.8. The van der Waals surface area contributed by atoms with Crippen LogP contribution >= 0.6 is 0 Å². The Morgan fingerprint density at radius 2 is 1.85 bits per heavy atom. The van der Waals surface area contributed by atoms with E-state index in [9.17, 15) is 18.4 Å². The number of pyridine rings is 1. The average Bonchev–Trinajstić information content (AvgIpc) is 2.65. The van der Waals surface area contributed by atoms with Gasteiger partial charge in [-0.2, -0.15) is 0 Å². The van der Waals surface area contributed by atoms with E-state index in [1.165, 1.54) is 49.6 Å². The lowest BCUT2D eigenvalue weighted by Crippen LogP contribution is -2.20. The predicted octanol–water partition coefficient (Wildman–Crippen LogP) is 3.32. The summed E-state index contributed by atoms with van der Waals surface area (Å²) in [5.41, 5.74) is 0.529. The van der Waals surface area contributed by atoms with Crippen LogP contribution in [0.1, 0.15) is 10.5 Å². The van der Waals surface area contributed by atoms with Gasteiger partial charge in [-0.05, 0) is 36.4 Å². The smallest absolute Gasteiger partial charge is 0.356 e. The summed E-state index contributed by atoms with van der Waals surface area (Å²) in [5.74, 6) is -2.18. The Morgan fingerprint density at radius 1 is 1.07 bits per heavy atom. The van der Waals surface area contributed by atoms with E-state index in [0.29, 0.717) is 10.9 Å². The first kappa shape index (κ1) is 18.2. The van der Waals surface area contributed by atoms with E-state index in [2.05, 4.69) is 15.0 Å². The van der Waals surface area contributed by atoms with E-state index in [4.69, 9.17) is 4.74 Å². The Morgan fingerprint density at radius 3 is 2.59 bits per heavy atom. The Labute approximate surface area is 152 Å². The largest absolute Gasteiger partial charge is 0.483 e. The zero-order valence-electron chi connectivity index (χ0n) is 14.2. The maximum atomic E-state index is 13.6. The fraction of sp³-hybridized carbons (Fsp3) is 0.105. The van der Waals surface area contributed by atoms with Gasteiger partial charge in [0.25, 0.3) is 5.91 Å². The van der Waals surface area contributed by atoms with E-state index in [1.807, 2.05) is 0 Å². The molecule has 8 heteroatoms. The van der Waals surface area contributed by atoms with Crippen molar-refractivity contribution in [2.45, 2.75) is 0 Å². The summed E-state index contributed by atoms with van der Waals surface area (Å²) in [6, 6.07) is 10.4. The second-order valence-corrected chi connectivity index (χ2v) is 5.51. The van der Waals surface area contributed by atoms with Crippen molar-refractivity contribution < 1.29 is 27.8 Å². The number of amides is 1. The maximum absolute atomic E-state index is 13.6. The molecule has 6 nitrogen and oxygen atoms in total. The normalized spacial score (nSPS) is 10.5. The standard InChI is InChI=1S/C19H14F2N2O4/c1-26-19(25)16-9-17(14-8-12(21)5-6-15(14)23-16)27-10-18(24)22-13-4-2-3-11(20)7-13/h2-9H,10H2,1H3,(H,22,24). The lowest BCUT2D eigenvalue weighted by molar-refractivity contribution is -0.118. The molecule has 0 spiro atoms. The number of carbonyl (C=O) groups excluding carboxylic acids is 2. The van der Waals surface area contributed by atoms with Crippen LogP contribution in [0.15, 0.2) is 48.5 Å². The van der Waals surface area contributed by atoms with Crippen LogP contribution in [0.2, 0.25) is 0 Å². The average molecular weight is 372 g/mol. The van der Waals surface area contributed by atoms with E-state index in [0.717, 1.165) is 6.07 Å². The second kappa shape index (κ2) is 7.77. The molecule has 1 amide bonds. The van der Waals surface area contributed by atoms with Crippen molar-refractivity contribution in [3.8, 4) is 5.75 Å². The number of benzene rings is 2. The molecule has 0 saturated heterocycles. The first-order chi connectivity index (χ1) is 13.0. The highest BCUT2D eigenvalue weighted by Crippen LogP contribution is 2.27. The number of rotatable bonds is 5. The number of ether oxygens (including phenoxy) is 2. The number of carbonyl (C=O) groups is 2. The summed E-state index contributed by atoms with van der Waals surface area (Å²) >= 11 is 0. The fourth-order valence-electron chi connectivity index (χ4n) is 2.40. The van der Waals surface area contributed by atoms with Crippen LogP contribution in [0, 0.1) is 11.6 Å². The van der Waals surface area contributed by atoms with Crippen LogP contribution in [0.25, 0.3) is 10.9 Å². The SMILES string of the molecule is COC(=O)c1cc(OCC(=O)Nc2cccc(F)c2)c2cc(F)ccc2n1. The number of fused-ring (bicyclic) bond motifs is 1. The highest BCUT2D eigenvalue weighted by molar-refractivity contribution is 5.95. The highest BCUT2D eigenvalue weighted by atomic mass is 19.1. The van der Waals surface area contributed by atoms with Gasteiger partial charge in [-0.25, -0.2) is 18.6 Å². The molecule has 1 N–H and O–H groups in total. The number of esters is 1. The van der Waals surface area contributed by atoms with Gasteiger partial charge in [0.2, 0.25) is 0 Å². The third-order valence-electron chi connectivity index (χ3n) is 3.59. The lowest BCUT2D eigenvalue weighted by atomic mass is 10.1. The van der Waals surface area contributed by atoms with Crippen molar-refractivity contribution in [1.29, 1.82) is 0 Å². The Kier molecular flexibility index (Phi) is 5.25.